The fraction of sp³-hybridized carbons (Fsp3) is 0.353. The van der Waals surface area contributed by atoms with Gasteiger partial charge in [-0.2, -0.15) is 0 Å². The maximum Gasteiger partial charge on any atom is 0.231 e. The Morgan fingerprint density at radius 1 is 1.10 bits per heavy atom. The van der Waals surface area contributed by atoms with Crippen LogP contribution in [0.3, 0.4) is 0 Å². The second kappa shape index (κ2) is 6.14. The summed E-state index contributed by atoms with van der Waals surface area (Å²) in [6.45, 7) is 1.38. The molecule has 0 bridgehead atoms. The summed E-state index contributed by atoms with van der Waals surface area (Å²) in [5.74, 6) is 1.60. The molecular weight excluding hydrogens is 264 g/mol. The summed E-state index contributed by atoms with van der Waals surface area (Å²) < 4.78 is 10.8. The first-order chi connectivity index (χ1) is 10.2. The highest BCUT2D eigenvalue weighted by Crippen LogP contribution is 2.35. The van der Waals surface area contributed by atoms with Crippen molar-refractivity contribution in [2.75, 3.05) is 27.4 Å². The van der Waals surface area contributed by atoms with Crippen LogP contribution in [0.25, 0.3) is 11.3 Å². The molecule has 1 aromatic heterocycles. The molecule has 2 heterocycles. The van der Waals surface area contributed by atoms with Gasteiger partial charge in [0, 0.05) is 11.3 Å². The molecule has 0 amide bonds. The van der Waals surface area contributed by atoms with E-state index >= 15 is 0 Å². The molecule has 4 nitrogen and oxygen atoms in total. The summed E-state index contributed by atoms with van der Waals surface area (Å²) in [6, 6.07) is 12.2. The lowest BCUT2D eigenvalue weighted by atomic mass is 10.1. The van der Waals surface area contributed by atoms with Gasteiger partial charge in [0.05, 0.1) is 5.69 Å². The largest absolute Gasteiger partial charge is 0.454 e. The van der Waals surface area contributed by atoms with E-state index in [4.69, 9.17) is 14.5 Å². The van der Waals surface area contributed by atoms with Crippen LogP contribution in [0.1, 0.15) is 12.1 Å². The molecule has 0 N–H and O–H groups in total. The zero-order chi connectivity index (χ0) is 14.7. The Kier molecular flexibility index (Phi) is 4.06. The van der Waals surface area contributed by atoms with Crippen LogP contribution in [0.15, 0.2) is 36.4 Å². The number of hydrogen-bond donors (Lipinski definition) is 0. The first-order valence-corrected chi connectivity index (χ1v) is 7.23. The summed E-state index contributed by atoms with van der Waals surface area (Å²) in [4.78, 5) is 6.95. The van der Waals surface area contributed by atoms with Crippen molar-refractivity contribution in [3.8, 4) is 22.8 Å². The molecule has 0 fully saturated rings. The van der Waals surface area contributed by atoms with E-state index in [1.54, 1.807) is 0 Å². The number of hydrogen-bond acceptors (Lipinski definition) is 4. The Labute approximate surface area is 125 Å². The summed E-state index contributed by atoms with van der Waals surface area (Å²) in [7, 11) is 4.19. The molecule has 0 spiro atoms. The van der Waals surface area contributed by atoms with Gasteiger partial charge in [0.15, 0.2) is 11.5 Å². The number of pyridine rings is 1. The van der Waals surface area contributed by atoms with E-state index in [1.807, 2.05) is 24.3 Å². The van der Waals surface area contributed by atoms with E-state index in [0.29, 0.717) is 6.79 Å². The zero-order valence-corrected chi connectivity index (χ0v) is 12.5. The number of aromatic nitrogens is 1. The highest BCUT2D eigenvalue weighted by atomic mass is 16.7. The number of ether oxygens (including phenoxy) is 2. The van der Waals surface area contributed by atoms with Crippen LogP contribution in [0, 0.1) is 0 Å². The fourth-order valence-electron chi connectivity index (χ4n) is 2.41. The maximum atomic E-state index is 5.43. The highest BCUT2D eigenvalue weighted by Gasteiger charge is 2.14. The predicted molar refractivity (Wildman–Crippen MR) is 82.7 cm³/mol. The van der Waals surface area contributed by atoms with Gasteiger partial charge in [-0.25, -0.2) is 0 Å². The van der Waals surface area contributed by atoms with Gasteiger partial charge < -0.3 is 14.4 Å². The van der Waals surface area contributed by atoms with Crippen LogP contribution < -0.4 is 9.47 Å². The molecule has 2 aromatic rings. The van der Waals surface area contributed by atoms with Gasteiger partial charge in [-0.15, -0.1) is 0 Å². The first-order valence-electron chi connectivity index (χ1n) is 7.23. The van der Waals surface area contributed by atoms with Crippen LogP contribution in [0.5, 0.6) is 11.5 Å². The summed E-state index contributed by atoms with van der Waals surface area (Å²) in [5, 5.41) is 0. The molecule has 3 rings (SSSR count). The molecule has 0 aliphatic carbocycles. The third-order valence-corrected chi connectivity index (χ3v) is 3.51. The van der Waals surface area contributed by atoms with E-state index in [2.05, 4.69) is 31.1 Å². The van der Waals surface area contributed by atoms with Crippen molar-refractivity contribution in [1.29, 1.82) is 0 Å². The predicted octanol–water partition coefficient (Wildman–Crippen LogP) is 2.97. The van der Waals surface area contributed by atoms with Gasteiger partial charge in [-0.05, 0) is 63.8 Å². The third-order valence-electron chi connectivity index (χ3n) is 3.51. The van der Waals surface area contributed by atoms with E-state index in [-0.39, 0.29) is 0 Å². The van der Waals surface area contributed by atoms with Crippen LogP contribution in [-0.4, -0.2) is 37.3 Å². The molecular formula is C17H20N2O2. The number of benzene rings is 1. The average Bonchev–Trinajstić information content (AvgIpc) is 2.94. The van der Waals surface area contributed by atoms with Gasteiger partial charge in [0.25, 0.3) is 0 Å². The maximum absolute atomic E-state index is 5.43. The Balaban J connectivity index is 1.76. The summed E-state index contributed by atoms with van der Waals surface area (Å²) >= 11 is 0. The van der Waals surface area contributed by atoms with Crippen molar-refractivity contribution >= 4 is 0 Å². The molecule has 0 saturated carbocycles. The monoisotopic (exact) mass is 284 g/mol. The van der Waals surface area contributed by atoms with Crippen molar-refractivity contribution in [1.82, 2.24) is 9.88 Å². The Hall–Kier alpha value is -2.07. The standard InChI is InChI=1S/C17H20N2O2/c1-19(2)10-4-6-14-5-3-7-15(18-14)13-8-9-16-17(11-13)21-12-20-16/h3,5,7-9,11H,4,6,10,12H2,1-2H3. The Morgan fingerprint density at radius 3 is 2.81 bits per heavy atom. The lowest BCUT2D eigenvalue weighted by Crippen LogP contribution is -2.13. The summed E-state index contributed by atoms with van der Waals surface area (Å²) in [6.07, 6.45) is 2.11. The SMILES string of the molecule is CN(C)CCCc1cccc(-c2ccc3c(c2)OCO3)n1. The summed E-state index contributed by atoms with van der Waals surface area (Å²) in [5.41, 5.74) is 3.18. The van der Waals surface area contributed by atoms with Crippen molar-refractivity contribution < 1.29 is 9.47 Å². The van der Waals surface area contributed by atoms with Crippen LogP contribution in [-0.2, 0) is 6.42 Å². The number of fused-ring (bicyclic) bond motifs is 1. The topological polar surface area (TPSA) is 34.6 Å². The second-order valence-electron chi connectivity index (χ2n) is 5.49. The number of aryl methyl sites for hydroxylation is 1. The van der Waals surface area contributed by atoms with Crippen molar-refractivity contribution in [2.45, 2.75) is 12.8 Å². The van der Waals surface area contributed by atoms with Crippen molar-refractivity contribution in [3.63, 3.8) is 0 Å². The molecule has 21 heavy (non-hydrogen) atoms. The van der Waals surface area contributed by atoms with E-state index < -0.39 is 0 Å². The lowest BCUT2D eigenvalue weighted by molar-refractivity contribution is 0.174. The Morgan fingerprint density at radius 2 is 1.95 bits per heavy atom. The molecule has 4 heteroatoms. The molecule has 1 aromatic carbocycles. The first kappa shape index (κ1) is 13.9. The minimum atomic E-state index is 0.302. The molecule has 1 aliphatic rings. The smallest absolute Gasteiger partial charge is 0.231 e. The Bertz CT molecular complexity index is 626. The molecule has 110 valence electrons. The third kappa shape index (κ3) is 3.34. The molecule has 0 atom stereocenters. The molecule has 0 saturated heterocycles. The number of nitrogens with zero attached hydrogens (tertiary/aromatic N) is 2. The lowest BCUT2D eigenvalue weighted by Gasteiger charge is -2.09. The van der Waals surface area contributed by atoms with E-state index in [0.717, 1.165) is 47.8 Å². The second-order valence-corrected chi connectivity index (χ2v) is 5.49. The number of rotatable bonds is 5. The highest BCUT2D eigenvalue weighted by molar-refractivity contribution is 5.64. The van der Waals surface area contributed by atoms with Gasteiger partial charge in [-0.3, -0.25) is 4.98 Å². The molecule has 0 radical (unpaired) electrons. The van der Waals surface area contributed by atoms with Crippen molar-refractivity contribution in [2.24, 2.45) is 0 Å². The quantitative estimate of drug-likeness (QED) is 0.845. The van der Waals surface area contributed by atoms with Gasteiger partial charge in [0.2, 0.25) is 6.79 Å². The van der Waals surface area contributed by atoms with E-state index in [9.17, 15) is 0 Å². The minimum Gasteiger partial charge on any atom is -0.454 e. The van der Waals surface area contributed by atoms with Crippen LogP contribution in [0.4, 0.5) is 0 Å². The normalized spacial score (nSPS) is 12.9. The van der Waals surface area contributed by atoms with Crippen LogP contribution in [0.2, 0.25) is 0 Å². The van der Waals surface area contributed by atoms with Gasteiger partial charge in [-0.1, -0.05) is 6.07 Å². The van der Waals surface area contributed by atoms with Gasteiger partial charge >= 0.3 is 0 Å². The minimum absolute atomic E-state index is 0.302. The van der Waals surface area contributed by atoms with E-state index in [1.165, 1.54) is 0 Å². The van der Waals surface area contributed by atoms with Gasteiger partial charge in [0.1, 0.15) is 0 Å². The molecule has 0 unspecified atom stereocenters. The van der Waals surface area contributed by atoms with Crippen LogP contribution >= 0.6 is 0 Å². The molecule has 1 aliphatic heterocycles. The van der Waals surface area contributed by atoms with Crippen molar-refractivity contribution in [3.05, 3.63) is 42.1 Å². The zero-order valence-electron chi connectivity index (χ0n) is 12.5. The fourth-order valence-corrected chi connectivity index (χ4v) is 2.41. The average molecular weight is 284 g/mol.